The molecule has 32 heavy (non-hydrogen) atoms. The number of nitrogens with zero attached hydrogens (tertiary/aromatic N) is 3. The Morgan fingerprint density at radius 3 is 2.47 bits per heavy atom. The Labute approximate surface area is 195 Å². The molecule has 0 unspecified atom stereocenters. The summed E-state index contributed by atoms with van der Waals surface area (Å²) in [5, 5.41) is 19.3. The van der Waals surface area contributed by atoms with Crippen LogP contribution in [0.3, 0.4) is 0 Å². The summed E-state index contributed by atoms with van der Waals surface area (Å²) in [7, 11) is 0. The largest absolute Gasteiger partial charge is 0.295 e. The van der Waals surface area contributed by atoms with Gasteiger partial charge in [0.05, 0.1) is 16.7 Å². The molecular formula is C23H14BrClN4O3. The first-order chi connectivity index (χ1) is 15.4. The predicted molar refractivity (Wildman–Crippen MR) is 125 cm³/mol. The molecule has 4 aromatic rings. The number of halogens is 2. The van der Waals surface area contributed by atoms with E-state index in [-0.39, 0.29) is 11.6 Å². The van der Waals surface area contributed by atoms with E-state index in [4.69, 9.17) is 11.6 Å². The van der Waals surface area contributed by atoms with E-state index in [0.29, 0.717) is 33.2 Å². The van der Waals surface area contributed by atoms with Gasteiger partial charge in [0.25, 0.3) is 11.6 Å². The molecule has 9 heteroatoms. The van der Waals surface area contributed by atoms with Gasteiger partial charge in [0.2, 0.25) is 0 Å². The number of hydrogen-bond donors (Lipinski definition) is 1. The highest BCUT2D eigenvalue weighted by Gasteiger charge is 2.43. The average molecular weight is 510 g/mol. The van der Waals surface area contributed by atoms with Crippen LogP contribution in [0.25, 0.3) is 11.3 Å². The van der Waals surface area contributed by atoms with Crippen molar-refractivity contribution in [2.75, 3.05) is 4.90 Å². The molecular weight excluding hydrogens is 496 g/mol. The Hall–Kier alpha value is -3.49. The third-order valence-electron chi connectivity index (χ3n) is 5.39. The van der Waals surface area contributed by atoms with Crippen LogP contribution in [0.5, 0.6) is 0 Å². The van der Waals surface area contributed by atoms with Crippen molar-refractivity contribution >= 4 is 44.8 Å². The van der Waals surface area contributed by atoms with Gasteiger partial charge in [0.15, 0.2) is 0 Å². The SMILES string of the molecule is O=C1c2[nH]nc(-c3ccc(Br)cc3)c2[C@H](c2cccc([N+](=O)[O-])c2)N1c1ccc(Cl)cc1. The molecule has 5 rings (SSSR count). The number of aromatic nitrogens is 2. The van der Waals surface area contributed by atoms with E-state index in [0.717, 1.165) is 10.0 Å². The van der Waals surface area contributed by atoms with Crippen LogP contribution < -0.4 is 4.90 Å². The Bertz CT molecular complexity index is 1350. The molecule has 3 aromatic carbocycles. The summed E-state index contributed by atoms with van der Waals surface area (Å²) in [6.45, 7) is 0. The van der Waals surface area contributed by atoms with Crippen LogP contribution in [-0.4, -0.2) is 21.0 Å². The molecule has 1 aliphatic heterocycles. The van der Waals surface area contributed by atoms with Gasteiger partial charge in [-0.1, -0.05) is 51.8 Å². The molecule has 0 aliphatic carbocycles. The first kappa shape index (κ1) is 20.4. The van der Waals surface area contributed by atoms with Crippen molar-refractivity contribution in [1.82, 2.24) is 10.2 Å². The fraction of sp³-hybridized carbons (Fsp3) is 0.0435. The van der Waals surface area contributed by atoms with Crippen molar-refractivity contribution in [3.63, 3.8) is 0 Å². The molecule has 1 N–H and O–H groups in total. The maximum absolute atomic E-state index is 13.5. The quantitative estimate of drug-likeness (QED) is 0.264. The topological polar surface area (TPSA) is 92.1 Å². The number of nitro groups is 1. The van der Waals surface area contributed by atoms with Crippen molar-refractivity contribution < 1.29 is 9.72 Å². The minimum absolute atomic E-state index is 0.0480. The number of anilines is 1. The zero-order valence-electron chi connectivity index (χ0n) is 16.3. The highest BCUT2D eigenvalue weighted by molar-refractivity contribution is 9.10. The lowest BCUT2D eigenvalue weighted by molar-refractivity contribution is -0.384. The number of benzene rings is 3. The van der Waals surface area contributed by atoms with Gasteiger partial charge in [0, 0.05) is 38.4 Å². The molecule has 1 amide bonds. The Morgan fingerprint density at radius 1 is 1.06 bits per heavy atom. The Balaban J connectivity index is 1.73. The molecule has 2 heterocycles. The van der Waals surface area contributed by atoms with E-state index in [2.05, 4.69) is 26.1 Å². The fourth-order valence-corrected chi connectivity index (χ4v) is 4.36. The molecule has 0 radical (unpaired) electrons. The van der Waals surface area contributed by atoms with E-state index < -0.39 is 11.0 Å². The number of aromatic amines is 1. The molecule has 0 fully saturated rings. The summed E-state index contributed by atoms with van der Waals surface area (Å²) in [6, 6.07) is 20.2. The first-order valence-electron chi connectivity index (χ1n) is 9.61. The first-order valence-corrected chi connectivity index (χ1v) is 10.8. The second-order valence-electron chi connectivity index (χ2n) is 7.27. The Kier molecular flexibility index (Phi) is 5.03. The van der Waals surface area contributed by atoms with Crippen LogP contribution in [0.1, 0.15) is 27.7 Å². The van der Waals surface area contributed by atoms with Gasteiger partial charge in [-0.3, -0.25) is 24.9 Å². The lowest BCUT2D eigenvalue weighted by Crippen LogP contribution is -2.29. The monoisotopic (exact) mass is 508 g/mol. The summed E-state index contributed by atoms with van der Waals surface area (Å²) in [5.41, 5.74) is 3.67. The molecule has 158 valence electrons. The van der Waals surface area contributed by atoms with Crippen molar-refractivity contribution in [3.05, 3.63) is 109 Å². The highest BCUT2D eigenvalue weighted by Crippen LogP contribution is 2.45. The van der Waals surface area contributed by atoms with Gasteiger partial charge in [0.1, 0.15) is 5.69 Å². The summed E-state index contributed by atoms with van der Waals surface area (Å²) < 4.78 is 0.919. The predicted octanol–water partition coefficient (Wildman–Crippen LogP) is 6.15. The number of non-ortho nitro benzene ring substituents is 1. The summed E-state index contributed by atoms with van der Waals surface area (Å²) >= 11 is 9.48. The molecule has 1 aliphatic rings. The van der Waals surface area contributed by atoms with E-state index in [1.54, 1.807) is 41.3 Å². The highest BCUT2D eigenvalue weighted by atomic mass is 79.9. The van der Waals surface area contributed by atoms with Crippen LogP contribution in [-0.2, 0) is 0 Å². The van der Waals surface area contributed by atoms with E-state index in [1.807, 2.05) is 24.3 Å². The van der Waals surface area contributed by atoms with Crippen LogP contribution in [0.2, 0.25) is 5.02 Å². The fourth-order valence-electron chi connectivity index (χ4n) is 3.97. The number of fused-ring (bicyclic) bond motifs is 1. The van der Waals surface area contributed by atoms with Crippen LogP contribution in [0.4, 0.5) is 11.4 Å². The molecule has 1 aromatic heterocycles. The Morgan fingerprint density at radius 2 is 1.78 bits per heavy atom. The van der Waals surface area contributed by atoms with Gasteiger partial charge in [-0.05, 0) is 42.0 Å². The minimum atomic E-state index is -0.601. The zero-order valence-corrected chi connectivity index (χ0v) is 18.7. The molecule has 1 atom stereocenters. The van der Waals surface area contributed by atoms with E-state index in [9.17, 15) is 14.9 Å². The lowest BCUT2D eigenvalue weighted by Gasteiger charge is -2.26. The molecule has 0 spiro atoms. The standard InChI is InChI=1S/C23H14BrClN4O3/c24-15-6-4-13(5-7-15)20-19-21(27-26-20)23(30)28(17-10-8-16(25)9-11-17)22(19)14-2-1-3-18(12-14)29(31)32/h1-12,22H,(H,26,27)/t22-/m0/s1. The maximum atomic E-state index is 13.5. The maximum Gasteiger partial charge on any atom is 0.277 e. The lowest BCUT2D eigenvalue weighted by atomic mass is 9.95. The third-order valence-corrected chi connectivity index (χ3v) is 6.17. The smallest absolute Gasteiger partial charge is 0.277 e. The van der Waals surface area contributed by atoms with Crippen molar-refractivity contribution in [2.24, 2.45) is 0 Å². The normalized spacial score (nSPS) is 15.1. The van der Waals surface area contributed by atoms with Gasteiger partial charge < -0.3 is 0 Å². The van der Waals surface area contributed by atoms with Crippen molar-refractivity contribution in [3.8, 4) is 11.3 Å². The van der Waals surface area contributed by atoms with Gasteiger partial charge in [-0.25, -0.2) is 0 Å². The average Bonchev–Trinajstić information content (AvgIpc) is 3.34. The number of amides is 1. The molecule has 0 bridgehead atoms. The number of carbonyl (C=O) groups excluding carboxylic acids is 1. The number of carbonyl (C=O) groups is 1. The van der Waals surface area contributed by atoms with Crippen LogP contribution in [0.15, 0.2) is 77.3 Å². The summed E-state index contributed by atoms with van der Waals surface area (Å²) in [4.78, 5) is 26.1. The summed E-state index contributed by atoms with van der Waals surface area (Å²) in [5.74, 6) is -0.269. The molecule has 7 nitrogen and oxygen atoms in total. The third kappa shape index (κ3) is 3.37. The van der Waals surface area contributed by atoms with Crippen LogP contribution in [0, 0.1) is 10.1 Å². The number of hydrogen-bond acceptors (Lipinski definition) is 4. The zero-order chi connectivity index (χ0) is 22.4. The van der Waals surface area contributed by atoms with E-state index in [1.165, 1.54) is 12.1 Å². The molecule has 0 saturated carbocycles. The van der Waals surface area contributed by atoms with Crippen molar-refractivity contribution in [2.45, 2.75) is 6.04 Å². The molecule has 0 saturated heterocycles. The van der Waals surface area contributed by atoms with Gasteiger partial charge >= 0.3 is 0 Å². The summed E-state index contributed by atoms with van der Waals surface area (Å²) in [6.07, 6.45) is 0. The van der Waals surface area contributed by atoms with Gasteiger partial charge in [-0.2, -0.15) is 5.10 Å². The number of rotatable bonds is 4. The number of H-pyrrole nitrogens is 1. The number of nitro benzene ring substituents is 1. The second kappa shape index (κ2) is 7.89. The van der Waals surface area contributed by atoms with Crippen LogP contribution >= 0.6 is 27.5 Å². The minimum Gasteiger partial charge on any atom is -0.295 e. The van der Waals surface area contributed by atoms with E-state index >= 15 is 0 Å². The number of nitrogens with one attached hydrogen (secondary N) is 1. The van der Waals surface area contributed by atoms with Gasteiger partial charge in [-0.15, -0.1) is 0 Å². The second-order valence-corrected chi connectivity index (χ2v) is 8.63. The van der Waals surface area contributed by atoms with Crippen molar-refractivity contribution in [1.29, 1.82) is 0 Å².